The van der Waals surface area contributed by atoms with E-state index >= 15 is 0 Å². The SMILES string of the molecule is CN(c1ccc(C(=O)O)cc1)C1CCS(=O)(=O)C1. The minimum Gasteiger partial charge on any atom is -0.478 e. The Bertz CT molecular complexity index is 550. The largest absolute Gasteiger partial charge is 0.478 e. The highest BCUT2D eigenvalue weighted by Gasteiger charge is 2.30. The highest BCUT2D eigenvalue weighted by molar-refractivity contribution is 7.91. The third-order valence-electron chi connectivity index (χ3n) is 3.28. The Morgan fingerprint density at radius 1 is 1.33 bits per heavy atom. The number of hydrogen-bond donors (Lipinski definition) is 1. The summed E-state index contributed by atoms with van der Waals surface area (Å²) in [7, 11) is -1.07. The van der Waals surface area contributed by atoms with E-state index in [1.807, 2.05) is 11.9 Å². The van der Waals surface area contributed by atoms with E-state index in [4.69, 9.17) is 5.11 Å². The molecule has 1 aliphatic rings. The first-order chi connectivity index (χ1) is 8.39. The molecule has 1 aromatic carbocycles. The molecule has 5 nitrogen and oxygen atoms in total. The summed E-state index contributed by atoms with van der Waals surface area (Å²) in [5.41, 5.74) is 1.06. The number of benzene rings is 1. The zero-order valence-corrected chi connectivity index (χ0v) is 10.9. The molecule has 1 heterocycles. The van der Waals surface area contributed by atoms with E-state index < -0.39 is 15.8 Å². The van der Waals surface area contributed by atoms with E-state index in [1.165, 1.54) is 12.1 Å². The first-order valence-corrected chi connectivity index (χ1v) is 7.48. The van der Waals surface area contributed by atoms with Crippen LogP contribution in [0.3, 0.4) is 0 Å². The zero-order chi connectivity index (χ0) is 13.3. The molecule has 1 fully saturated rings. The molecule has 1 atom stereocenters. The summed E-state index contributed by atoms with van der Waals surface area (Å²) in [6.45, 7) is 0. The molecule has 0 bridgehead atoms. The number of sulfone groups is 1. The third-order valence-corrected chi connectivity index (χ3v) is 5.03. The summed E-state index contributed by atoms with van der Waals surface area (Å²) < 4.78 is 22.8. The Kier molecular flexibility index (Phi) is 3.30. The number of carbonyl (C=O) groups is 1. The molecule has 1 aliphatic heterocycles. The summed E-state index contributed by atoms with van der Waals surface area (Å²) in [6.07, 6.45) is 0.625. The van der Waals surface area contributed by atoms with Crippen LogP contribution in [0.2, 0.25) is 0 Å². The van der Waals surface area contributed by atoms with Gasteiger partial charge in [-0.3, -0.25) is 0 Å². The molecule has 0 amide bonds. The van der Waals surface area contributed by atoms with E-state index in [9.17, 15) is 13.2 Å². The smallest absolute Gasteiger partial charge is 0.335 e. The maximum atomic E-state index is 11.4. The van der Waals surface area contributed by atoms with Crippen LogP contribution in [0.5, 0.6) is 0 Å². The number of nitrogens with zero attached hydrogens (tertiary/aromatic N) is 1. The molecule has 98 valence electrons. The van der Waals surface area contributed by atoms with E-state index in [-0.39, 0.29) is 23.1 Å². The minimum absolute atomic E-state index is 0.0225. The van der Waals surface area contributed by atoms with Crippen molar-refractivity contribution in [3.63, 3.8) is 0 Å². The molecule has 0 radical (unpaired) electrons. The molecule has 0 spiro atoms. The van der Waals surface area contributed by atoms with Crippen molar-refractivity contribution in [2.75, 3.05) is 23.5 Å². The van der Waals surface area contributed by atoms with Gasteiger partial charge in [-0.1, -0.05) is 0 Å². The highest BCUT2D eigenvalue weighted by Crippen LogP contribution is 2.23. The maximum absolute atomic E-state index is 11.4. The summed E-state index contributed by atoms with van der Waals surface area (Å²) in [6, 6.07) is 6.43. The number of hydrogen-bond acceptors (Lipinski definition) is 4. The lowest BCUT2D eigenvalue weighted by molar-refractivity contribution is 0.0697. The maximum Gasteiger partial charge on any atom is 0.335 e. The summed E-state index contributed by atoms with van der Waals surface area (Å²) in [5, 5.41) is 8.80. The van der Waals surface area contributed by atoms with Crippen molar-refractivity contribution in [2.24, 2.45) is 0 Å². The second kappa shape index (κ2) is 4.61. The van der Waals surface area contributed by atoms with Gasteiger partial charge >= 0.3 is 5.97 Å². The van der Waals surface area contributed by atoms with Gasteiger partial charge in [0.25, 0.3) is 0 Å². The average molecular weight is 269 g/mol. The molecule has 1 aromatic rings. The second-order valence-corrected chi connectivity index (χ2v) is 6.75. The van der Waals surface area contributed by atoms with Crippen LogP contribution >= 0.6 is 0 Å². The van der Waals surface area contributed by atoms with E-state index in [0.717, 1.165) is 5.69 Å². The molecule has 0 aliphatic carbocycles. The molecule has 1 unspecified atom stereocenters. The van der Waals surface area contributed by atoms with Gasteiger partial charge in [0.15, 0.2) is 9.84 Å². The van der Waals surface area contributed by atoms with Crippen molar-refractivity contribution < 1.29 is 18.3 Å². The number of rotatable bonds is 3. The lowest BCUT2D eigenvalue weighted by Crippen LogP contribution is -2.32. The average Bonchev–Trinajstić information content (AvgIpc) is 2.69. The second-order valence-electron chi connectivity index (χ2n) is 4.52. The van der Waals surface area contributed by atoms with Crippen molar-refractivity contribution >= 4 is 21.5 Å². The van der Waals surface area contributed by atoms with Crippen LogP contribution in [-0.4, -0.2) is 44.1 Å². The van der Waals surface area contributed by atoms with Gasteiger partial charge in [-0.25, -0.2) is 13.2 Å². The summed E-state index contributed by atoms with van der Waals surface area (Å²) in [4.78, 5) is 12.6. The van der Waals surface area contributed by atoms with Crippen LogP contribution in [0, 0.1) is 0 Å². The molecule has 0 saturated carbocycles. The molecular formula is C12H15NO4S. The topological polar surface area (TPSA) is 74.7 Å². The number of carboxylic acids is 1. The highest BCUT2D eigenvalue weighted by atomic mass is 32.2. The zero-order valence-electron chi connectivity index (χ0n) is 10.0. The molecular weight excluding hydrogens is 254 g/mol. The first-order valence-electron chi connectivity index (χ1n) is 5.66. The Morgan fingerprint density at radius 2 is 1.94 bits per heavy atom. The molecule has 0 aromatic heterocycles. The van der Waals surface area contributed by atoms with Crippen molar-refractivity contribution in [2.45, 2.75) is 12.5 Å². The van der Waals surface area contributed by atoms with E-state index in [0.29, 0.717) is 6.42 Å². The molecule has 1 saturated heterocycles. The Labute approximate surface area is 106 Å². The third kappa shape index (κ3) is 2.64. The normalized spacial score (nSPS) is 21.7. The Hall–Kier alpha value is -1.56. The fourth-order valence-electron chi connectivity index (χ4n) is 2.13. The van der Waals surface area contributed by atoms with Crippen molar-refractivity contribution in [3.8, 4) is 0 Å². The van der Waals surface area contributed by atoms with Crippen LogP contribution in [0.4, 0.5) is 5.69 Å². The van der Waals surface area contributed by atoms with Gasteiger partial charge in [0.05, 0.1) is 17.1 Å². The molecule has 18 heavy (non-hydrogen) atoms. The van der Waals surface area contributed by atoms with Gasteiger partial charge in [0.1, 0.15) is 0 Å². The van der Waals surface area contributed by atoms with E-state index in [1.54, 1.807) is 12.1 Å². The number of anilines is 1. The fraction of sp³-hybridized carbons (Fsp3) is 0.417. The van der Waals surface area contributed by atoms with Crippen LogP contribution in [0.1, 0.15) is 16.8 Å². The molecule has 6 heteroatoms. The lowest BCUT2D eigenvalue weighted by atomic mass is 10.1. The molecule has 2 rings (SSSR count). The Morgan fingerprint density at radius 3 is 2.39 bits per heavy atom. The van der Waals surface area contributed by atoms with Gasteiger partial charge in [-0.15, -0.1) is 0 Å². The fourth-order valence-corrected chi connectivity index (χ4v) is 3.91. The van der Waals surface area contributed by atoms with Gasteiger partial charge in [0, 0.05) is 18.8 Å². The molecule has 1 N–H and O–H groups in total. The first kappa shape index (κ1) is 12.9. The standard InChI is InChI=1S/C12H15NO4S/c1-13(11-6-7-18(16,17)8-11)10-4-2-9(3-5-10)12(14)15/h2-5,11H,6-8H2,1H3,(H,14,15). The predicted molar refractivity (Wildman–Crippen MR) is 68.9 cm³/mol. The van der Waals surface area contributed by atoms with E-state index in [2.05, 4.69) is 0 Å². The van der Waals surface area contributed by atoms with Gasteiger partial charge < -0.3 is 10.0 Å². The predicted octanol–water partition coefficient (Wildman–Crippen LogP) is 1.01. The minimum atomic E-state index is -2.91. The van der Waals surface area contributed by atoms with Crippen molar-refractivity contribution in [1.29, 1.82) is 0 Å². The lowest BCUT2D eigenvalue weighted by Gasteiger charge is -2.25. The van der Waals surface area contributed by atoms with Crippen molar-refractivity contribution in [1.82, 2.24) is 0 Å². The monoisotopic (exact) mass is 269 g/mol. The number of carboxylic acid groups (broad SMARTS) is 1. The van der Waals surface area contributed by atoms with Crippen LogP contribution in [0.25, 0.3) is 0 Å². The van der Waals surface area contributed by atoms with Gasteiger partial charge in [-0.05, 0) is 30.7 Å². The van der Waals surface area contributed by atoms with Crippen LogP contribution < -0.4 is 4.90 Å². The quantitative estimate of drug-likeness (QED) is 0.886. The van der Waals surface area contributed by atoms with Crippen LogP contribution in [0.15, 0.2) is 24.3 Å². The van der Waals surface area contributed by atoms with Gasteiger partial charge in [-0.2, -0.15) is 0 Å². The Balaban J connectivity index is 2.14. The van der Waals surface area contributed by atoms with Gasteiger partial charge in [0.2, 0.25) is 0 Å². The number of aromatic carboxylic acids is 1. The van der Waals surface area contributed by atoms with Crippen molar-refractivity contribution in [3.05, 3.63) is 29.8 Å². The van der Waals surface area contributed by atoms with Crippen LogP contribution in [-0.2, 0) is 9.84 Å². The summed E-state index contributed by atoms with van der Waals surface area (Å²) >= 11 is 0. The summed E-state index contributed by atoms with van der Waals surface area (Å²) in [5.74, 6) is -0.563.